The Morgan fingerprint density at radius 2 is 0.630 bits per heavy atom. The SMILES string of the molecule is CCCCCCC(CCCCCC)N1C(=O)c2ccc3c4c(ccc(c24)C1=O)C(=O)N(C(CCCCCC)CCCCCC)C3=O. The average Bonchev–Trinajstić information content (AvgIpc) is 3.06. The summed E-state index contributed by atoms with van der Waals surface area (Å²) >= 11 is 0. The van der Waals surface area contributed by atoms with Crippen LogP contribution in [0, 0.1) is 0 Å². The summed E-state index contributed by atoms with van der Waals surface area (Å²) in [6.45, 7) is 8.74. The highest BCUT2D eigenvalue weighted by Gasteiger charge is 2.43. The molecule has 0 radical (unpaired) electrons. The number of benzene rings is 2. The van der Waals surface area contributed by atoms with Gasteiger partial charge in [-0.2, -0.15) is 0 Å². The fourth-order valence-electron chi connectivity index (χ4n) is 7.61. The zero-order valence-corrected chi connectivity index (χ0v) is 29.1. The van der Waals surface area contributed by atoms with Crippen molar-refractivity contribution in [1.29, 1.82) is 0 Å². The first-order valence-electron chi connectivity index (χ1n) is 18.8. The molecule has 6 nitrogen and oxygen atoms in total. The van der Waals surface area contributed by atoms with E-state index >= 15 is 0 Å². The summed E-state index contributed by atoms with van der Waals surface area (Å²) in [4.78, 5) is 59.7. The summed E-state index contributed by atoms with van der Waals surface area (Å²) in [6, 6.07) is 6.65. The average molecular weight is 631 g/mol. The first kappa shape index (κ1) is 35.8. The molecule has 2 aliphatic heterocycles. The molecule has 0 saturated carbocycles. The van der Waals surface area contributed by atoms with Crippen molar-refractivity contribution in [2.75, 3.05) is 0 Å². The van der Waals surface area contributed by atoms with Crippen molar-refractivity contribution < 1.29 is 19.2 Å². The third-order valence-corrected chi connectivity index (χ3v) is 10.3. The van der Waals surface area contributed by atoms with Gasteiger partial charge in [0, 0.05) is 45.1 Å². The molecule has 0 spiro atoms. The maximum Gasteiger partial charge on any atom is 0.261 e. The molecule has 4 amide bonds. The standard InChI is InChI=1S/C40H58N2O4/c1-5-9-13-17-21-29(22-18-14-10-6-2)41-37(43)31-25-27-33-36-34(28-26-32(35(31)36)38(41)44)40(46)42(39(33)45)30(23-19-15-11-7-3)24-20-16-12-8-4/h25-30H,5-24H2,1-4H3. The lowest BCUT2D eigenvalue weighted by Crippen LogP contribution is -2.49. The zero-order chi connectivity index (χ0) is 33.1. The van der Waals surface area contributed by atoms with Crippen molar-refractivity contribution in [3.63, 3.8) is 0 Å². The van der Waals surface area contributed by atoms with E-state index < -0.39 is 0 Å². The highest BCUT2D eigenvalue weighted by atomic mass is 16.2. The van der Waals surface area contributed by atoms with Crippen LogP contribution in [0.1, 0.15) is 198 Å². The van der Waals surface area contributed by atoms with Crippen LogP contribution >= 0.6 is 0 Å². The van der Waals surface area contributed by atoms with Crippen molar-refractivity contribution in [2.45, 2.75) is 168 Å². The molecule has 0 unspecified atom stereocenters. The Bertz CT molecular complexity index is 1170. The normalized spacial score (nSPS) is 14.6. The second kappa shape index (κ2) is 17.8. The van der Waals surface area contributed by atoms with Gasteiger partial charge in [0.05, 0.1) is 0 Å². The monoisotopic (exact) mass is 630 g/mol. The molecule has 0 saturated heterocycles. The van der Waals surface area contributed by atoms with Crippen LogP contribution in [-0.4, -0.2) is 45.5 Å². The largest absolute Gasteiger partial charge is 0.271 e. The van der Waals surface area contributed by atoms with Crippen LogP contribution in [0.2, 0.25) is 0 Å². The summed E-state index contributed by atoms with van der Waals surface area (Å²) in [5, 5.41) is 0.974. The maximum absolute atomic E-state index is 14.2. The molecule has 0 fully saturated rings. The van der Waals surface area contributed by atoms with Crippen molar-refractivity contribution in [1.82, 2.24) is 9.80 Å². The van der Waals surface area contributed by atoms with E-state index in [2.05, 4.69) is 27.7 Å². The van der Waals surface area contributed by atoms with Gasteiger partial charge in [0.1, 0.15) is 0 Å². The predicted molar refractivity (Wildman–Crippen MR) is 188 cm³/mol. The molecule has 2 heterocycles. The van der Waals surface area contributed by atoms with Crippen molar-refractivity contribution in [3.05, 3.63) is 46.5 Å². The van der Waals surface area contributed by atoms with Gasteiger partial charge in [-0.25, -0.2) is 0 Å². The number of nitrogens with zero attached hydrogens (tertiary/aromatic N) is 2. The third-order valence-electron chi connectivity index (χ3n) is 10.3. The summed E-state index contributed by atoms with van der Waals surface area (Å²) in [5.41, 5.74) is 1.75. The van der Waals surface area contributed by atoms with E-state index in [0.717, 1.165) is 128 Å². The molecule has 0 atom stereocenters. The van der Waals surface area contributed by atoms with E-state index in [9.17, 15) is 19.2 Å². The van der Waals surface area contributed by atoms with E-state index in [1.54, 1.807) is 24.3 Å². The topological polar surface area (TPSA) is 74.8 Å². The van der Waals surface area contributed by atoms with Gasteiger partial charge in [0.15, 0.2) is 0 Å². The van der Waals surface area contributed by atoms with Crippen LogP contribution in [0.4, 0.5) is 0 Å². The smallest absolute Gasteiger partial charge is 0.261 e. The molecule has 0 aliphatic carbocycles. The van der Waals surface area contributed by atoms with E-state index in [1.165, 1.54) is 9.80 Å². The Kier molecular flexibility index (Phi) is 13.8. The number of hydrogen-bond donors (Lipinski definition) is 0. The van der Waals surface area contributed by atoms with Gasteiger partial charge >= 0.3 is 0 Å². The molecular weight excluding hydrogens is 572 g/mol. The van der Waals surface area contributed by atoms with Gasteiger partial charge in [-0.3, -0.25) is 29.0 Å². The molecule has 0 aromatic heterocycles. The van der Waals surface area contributed by atoms with Crippen molar-refractivity contribution in [3.8, 4) is 0 Å². The lowest BCUT2D eigenvalue weighted by Gasteiger charge is -2.37. The number of rotatable bonds is 22. The van der Waals surface area contributed by atoms with Gasteiger partial charge in [0.25, 0.3) is 23.6 Å². The van der Waals surface area contributed by atoms with Crippen LogP contribution in [0.5, 0.6) is 0 Å². The summed E-state index contributed by atoms with van der Waals surface area (Å²) < 4.78 is 0. The van der Waals surface area contributed by atoms with Gasteiger partial charge in [-0.15, -0.1) is 0 Å². The minimum atomic E-state index is -0.288. The first-order chi connectivity index (χ1) is 22.4. The summed E-state index contributed by atoms with van der Waals surface area (Å²) in [7, 11) is 0. The van der Waals surface area contributed by atoms with Crippen LogP contribution in [-0.2, 0) is 0 Å². The Labute approximate surface area is 277 Å². The Balaban J connectivity index is 1.67. The number of carbonyl (C=O) groups is 4. The predicted octanol–water partition coefficient (Wildman–Crippen LogP) is 10.7. The maximum atomic E-state index is 14.2. The Morgan fingerprint density at radius 1 is 0.391 bits per heavy atom. The molecule has 2 aliphatic rings. The molecule has 6 heteroatoms. The summed E-state index contributed by atoms with van der Waals surface area (Å²) in [5.74, 6) is -1.15. The number of imide groups is 2. The number of carbonyl (C=O) groups excluding carboxylic acids is 4. The molecule has 0 N–H and O–H groups in total. The first-order valence-corrected chi connectivity index (χ1v) is 18.8. The Hall–Kier alpha value is -3.02. The number of amides is 4. The lowest BCUT2D eigenvalue weighted by atomic mass is 9.84. The lowest BCUT2D eigenvalue weighted by molar-refractivity contribution is 0.0495. The second-order valence-corrected chi connectivity index (χ2v) is 13.7. The molecular formula is C40H58N2O4. The van der Waals surface area contributed by atoms with Crippen LogP contribution < -0.4 is 0 Å². The van der Waals surface area contributed by atoms with E-state index in [4.69, 9.17) is 0 Å². The quantitative estimate of drug-likeness (QED) is 0.0958. The van der Waals surface area contributed by atoms with Gasteiger partial charge in [-0.05, 0) is 49.9 Å². The van der Waals surface area contributed by atoms with Crippen LogP contribution in [0.3, 0.4) is 0 Å². The van der Waals surface area contributed by atoms with E-state index in [0.29, 0.717) is 33.0 Å². The molecule has 2 aromatic carbocycles. The molecule has 4 rings (SSSR count). The molecule has 252 valence electrons. The zero-order valence-electron chi connectivity index (χ0n) is 29.1. The van der Waals surface area contributed by atoms with Gasteiger partial charge in [-0.1, -0.05) is 130 Å². The van der Waals surface area contributed by atoms with Gasteiger partial charge in [0.2, 0.25) is 0 Å². The fraction of sp³-hybridized carbons (Fsp3) is 0.650. The molecule has 46 heavy (non-hydrogen) atoms. The van der Waals surface area contributed by atoms with E-state index in [1.807, 2.05) is 0 Å². The van der Waals surface area contributed by atoms with Crippen LogP contribution in [0.25, 0.3) is 10.8 Å². The number of unbranched alkanes of at least 4 members (excludes halogenated alkanes) is 12. The number of hydrogen-bond acceptors (Lipinski definition) is 4. The highest BCUT2D eigenvalue weighted by molar-refractivity contribution is 6.33. The molecule has 0 bridgehead atoms. The highest BCUT2D eigenvalue weighted by Crippen LogP contribution is 2.40. The third kappa shape index (κ3) is 7.91. The van der Waals surface area contributed by atoms with Crippen molar-refractivity contribution >= 4 is 34.4 Å². The van der Waals surface area contributed by atoms with Gasteiger partial charge < -0.3 is 0 Å². The summed E-state index contributed by atoms with van der Waals surface area (Å²) in [6.07, 6.45) is 20.7. The minimum Gasteiger partial charge on any atom is -0.271 e. The van der Waals surface area contributed by atoms with Crippen LogP contribution in [0.15, 0.2) is 24.3 Å². The second-order valence-electron chi connectivity index (χ2n) is 13.7. The van der Waals surface area contributed by atoms with Crippen molar-refractivity contribution in [2.24, 2.45) is 0 Å². The fourth-order valence-corrected chi connectivity index (χ4v) is 7.61. The minimum absolute atomic E-state index is 0.149. The van der Waals surface area contributed by atoms with E-state index in [-0.39, 0.29) is 35.7 Å². The Morgan fingerprint density at radius 3 is 0.848 bits per heavy atom. The molecule has 2 aromatic rings.